The van der Waals surface area contributed by atoms with Gasteiger partial charge in [-0.3, -0.25) is 0 Å². The Morgan fingerprint density at radius 2 is 1.02 bits per heavy atom. The molecule has 0 bridgehead atoms. The molecular formula is C48H33NO2. The van der Waals surface area contributed by atoms with Crippen molar-refractivity contribution >= 4 is 66.5 Å². The van der Waals surface area contributed by atoms with Gasteiger partial charge in [0, 0.05) is 27.5 Å². The standard InChI is InChI=1S/C48H33NO2/c1-3-10-32(11-4-1)34-18-24-38(25-19-34)49(43-15-9-17-45-48(43)42-14-7-8-16-44(42)50-45)39-26-20-35(21-27-39)37-23-29-41-40-28-22-36(33-12-5-2-6-13-33)30-46(40)51-47(41)31-37/h1-3,5-10,12-31H,4,11H2. The normalized spacial score (nSPS) is 13.0. The Morgan fingerprint density at radius 3 is 1.71 bits per heavy atom. The molecule has 3 heteroatoms. The first-order valence-corrected chi connectivity index (χ1v) is 17.6. The summed E-state index contributed by atoms with van der Waals surface area (Å²) in [7, 11) is 0. The minimum Gasteiger partial charge on any atom is -0.456 e. The quantitative estimate of drug-likeness (QED) is 0.179. The summed E-state index contributed by atoms with van der Waals surface area (Å²) in [4.78, 5) is 2.35. The van der Waals surface area contributed by atoms with Crippen molar-refractivity contribution in [1.29, 1.82) is 0 Å². The third-order valence-corrected chi connectivity index (χ3v) is 10.2. The lowest BCUT2D eigenvalue weighted by Crippen LogP contribution is -2.10. The van der Waals surface area contributed by atoms with Crippen molar-refractivity contribution in [1.82, 2.24) is 0 Å². The van der Waals surface area contributed by atoms with Crippen LogP contribution in [0, 0.1) is 0 Å². The highest BCUT2D eigenvalue weighted by atomic mass is 16.3. The zero-order valence-electron chi connectivity index (χ0n) is 27.9. The average molecular weight is 656 g/mol. The fourth-order valence-electron chi connectivity index (χ4n) is 7.61. The fourth-order valence-corrected chi connectivity index (χ4v) is 7.61. The molecule has 9 aromatic rings. The van der Waals surface area contributed by atoms with Gasteiger partial charge in [0.05, 0.1) is 11.1 Å². The Kier molecular flexibility index (Phi) is 6.95. The number of hydrogen-bond acceptors (Lipinski definition) is 3. The second kappa shape index (κ2) is 12.1. The van der Waals surface area contributed by atoms with Crippen LogP contribution in [0.5, 0.6) is 0 Å². The van der Waals surface area contributed by atoms with Crippen molar-refractivity contribution < 1.29 is 8.83 Å². The Morgan fingerprint density at radius 1 is 0.431 bits per heavy atom. The second-order valence-corrected chi connectivity index (χ2v) is 13.2. The monoisotopic (exact) mass is 655 g/mol. The van der Waals surface area contributed by atoms with E-state index < -0.39 is 0 Å². The van der Waals surface area contributed by atoms with Gasteiger partial charge in [-0.05, 0) is 113 Å². The average Bonchev–Trinajstić information content (AvgIpc) is 3.77. The number of para-hydroxylation sites is 1. The molecule has 0 radical (unpaired) electrons. The molecule has 2 heterocycles. The molecule has 0 saturated heterocycles. The van der Waals surface area contributed by atoms with Gasteiger partial charge < -0.3 is 13.7 Å². The first-order valence-electron chi connectivity index (χ1n) is 17.6. The Balaban J connectivity index is 1.05. The van der Waals surface area contributed by atoms with E-state index in [2.05, 4.69) is 163 Å². The minimum atomic E-state index is 0.876. The summed E-state index contributed by atoms with van der Waals surface area (Å²) in [6.07, 6.45) is 8.78. The van der Waals surface area contributed by atoms with E-state index in [1.807, 2.05) is 18.2 Å². The summed E-state index contributed by atoms with van der Waals surface area (Å²) in [5.74, 6) is 0. The second-order valence-electron chi connectivity index (χ2n) is 13.2. The molecule has 0 unspecified atom stereocenters. The predicted octanol–water partition coefficient (Wildman–Crippen LogP) is 14.0. The summed E-state index contributed by atoms with van der Waals surface area (Å²) in [6.45, 7) is 0. The third-order valence-electron chi connectivity index (χ3n) is 10.2. The molecule has 1 aliphatic rings. The van der Waals surface area contributed by atoms with Crippen LogP contribution in [0.2, 0.25) is 0 Å². The largest absolute Gasteiger partial charge is 0.456 e. The van der Waals surface area contributed by atoms with Gasteiger partial charge in [-0.1, -0.05) is 109 Å². The molecule has 10 rings (SSSR count). The number of hydrogen-bond donors (Lipinski definition) is 0. The molecule has 242 valence electrons. The molecule has 51 heavy (non-hydrogen) atoms. The molecule has 0 N–H and O–H groups in total. The van der Waals surface area contributed by atoms with Gasteiger partial charge in [-0.15, -0.1) is 0 Å². The zero-order valence-corrected chi connectivity index (χ0v) is 27.9. The molecule has 0 aliphatic heterocycles. The Bertz CT molecular complexity index is 2780. The molecule has 0 spiro atoms. The maximum absolute atomic E-state index is 6.45. The van der Waals surface area contributed by atoms with Crippen LogP contribution in [-0.4, -0.2) is 0 Å². The van der Waals surface area contributed by atoms with E-state index in [1.165, 1.54) is 16.7 Å². The highest BCUT2D eigenvalue weighted by Gasteiger charge is 2.20. The maximum atomic E-state index is 6.45. The summed E-state index contributed by atoms with van der Waals surface area (Å²) in [6, 6.07) is 55.9. The highest BCUT2D eigenvalue weighted by molar-refractivity contribution is 6.13. The van der Waals surface area contributed by atoms with E-state index in [0.29, 0.717) is 0 Å². The summed E-state index contributed by atoms with van der Waals surface area (Å²) < 4.78 is 12.8. The number of furan rings is 2. The van der Waals surface area contributed by atoms with E-state index in [0.717, 1.165) is 90.5 Å². The van der Waals surface area contributed by atoms with Gasteiger partial charge in [-0.2, -0.15) is 0 Å². The highest BCUT2D eigenvalue weighted by Crippen LogP contribution is 2.44. The van der Waals surface area contributed by atoms with Crippen LogP contribution in [0.3, 0.4) is 0 Å². The van der Waals surface area contributed by atoms with E-state index in [4.69, 9.17) is 8.83 Å². The van der Waals surface area contributed by atoms with Gasteiger partial charge in [0.1, 0.15) is 22.3 Å². The summed E-state index contributed by atoms with van der Waals surface area (Å²) in [5, 5.41) is 4.47. The van der Waals surface area contributed by atoms with E-state index in [9.17, 15) is 0 Å². The van der Waals surface area contributed by atoms with Gasteiger partial charge in [0.15, 0.2) is 0 Å². The molecule has 0 atom stereocenters. The number of anilines is 3. The molecule has 0 amide bonds. The number of fused-ring (bicyclic) bond motifs is 6. The molecule has 7 aromatic carbocycles. The van der Waals surface area contributed by atoms with Crippen molar-refractivity contribution in [3.8, 4) is 22.3 Å². The van der Waals surface area contributed by atoms with Crippen LogP contribution in [0.1, 0.15) is 18.4 Å². The number of rotatable bonds is 6. The van der Waals surface area contributed by atoms with Crippen LogP contribution >= 0.6 is 0 Å². The van der Waals surface area contributed by atoms with Gasteiger partial charge in [0.25, 0.3) is 0 Å². The van der Waals surface area contributed by atoms with Gasteiger partial charge >= 0.3 is 0 Å². The van der Waals surface area contributed by atoms with Crippen molar-refractivity contribution in [2.45, 2.75) is 12.8 Å². The zero-order chi connectivity index (χ0) is 33.7. The fraction of sp³-hybridized carbons (Fsp3) is 0.0417. The predicted molar refractivity (Wildman–Crippen MR) is 213 cm³/mol. The first kappa shape index (κ1) is 29.3. The van der Waals surface area contributed by atoms with E-state index in [1.54, 1.807) is 0 Å². The molecule has 0 fully saturated rings. The van der Waals surface area contributed by atoms with Crippen molar-refractivity contribution in [3.63, 3.8) is 0 Å². The van der Waals surface area contributed by atoms with Crippen molar-refractivity contribution in [2.75, 3.05) is 4.90 Å². The van der Waals surface area contributed by atoms with Crippen molar-refractivity contribution in [3.05, 3.63) is 182 Å². The van der Waals surface area contributed by atoms with Gasteiger partial charge in [0.2, 0.25) is 0 Å². The van der Waals surface area contributed by atoms with Crippen LogP contribution in [0.4, 0.5) is 17.1 Å². The Hall–Kier alpha value is -6.58. The molecule has 3 nitrogen and oxygen atoms in total. The van der Waals surface area contributed by atoms with E-state index >= 15 is 0 Å². The third kappa shape index (κ3) is 5.14. The minimum absolute atomic E-state index is 0.876. The maximum Gasteiger partial charge on any atom is 0.137 e. The number of nitrogens with zero attached hydrogens (tertiary/aromatic N) is 1. The molecule has 2 aromatic heterocycles. The topological polar surface area (TPSA) is 29.5 Å². The van der Waals surface area contributed by atoms with Crippen LogP contribution in [-0.2, 0) is 0 Å². The van der Waals surface area contributed by atoms with Crippen LogP contribution < -0.4 is 4.90 Å². The van der Waals surface area contributed by atoms with Crippen molar-refractivity contribution in [2.24, 2.45) is 0 Å². The lowest BCUT2D eigenvalue weighted by Gasteiger charge is -2.27. The lowest BCUT2D eigenvalue weighted by atomic mass is 9.97. The summed E-state index contributed by atoms with van der Waals surface area (Å²) in [5.41, 5.74) is 14.0. The molecule has 1 aliphatic carbocycles. The summed E-state index contributed by atoms with van der Waals surface area (Å²) >= 11 is 0. The smallest absolute Gasteiger partial charge is 0.137 e. The van der Waals surface area contributed by atoms with Crippen LogP contribution in [0.25, 0.3) is 71.7 Å². The van der Waals surface area contributed by atoms with Crippen LogP contribution in [0.15, 0.2) is 185 Å². The van der Waals surface area contributed by atoms with Gasteiger partial charge in [-0.25, -0.2) is 0 Å². The lowest BCUT2D eigenvalue weighted by molar-refractivity contribution is 0.668. The number of benzene rings is 7. The first-order chi connectivity index (χ1) is 25.3. The molecular weight excluding hydrogens is 623 g/mol. The SMILES string of the molecule is C1=CCCC(c2ccc(N(c3ccc(-c4ccc5c(c4)oc4cc(-c6ccccc6)ccc45)cc3)c3cccc4oc5ccccc5c34)cc2)=C1. The number of allylic oxidation sites excluding steroid dienone is 4. The Labute approximate surface area is 296 Å². The molecule has 0 saturated carbocycles. The van der Waals surface area contributed by atoms with E-state index in [-0.39, 0.29) is 0 Å².